The molecule has 1 aliphatic carbocycles. The van der Waals surface area contributed by atoms with Gasteiger partial charge in [0, 0.05) is 21.7 Å². The highest BCUT2D eigenvalue weighted by Crippen LogP contribution is 2.52. The first-order valence-electron chi connectivity index (χ1n) is 9.55. The van der Waals surface area contributed by atoms with Crippen LogP contribution < -0.4 is 20.5 Å². The Bertz CT molecular complexity index is 1230. The van der Waals surface area contributed by atoms with Crippen molar-refractivity contribution < 1.29 is 27.4 Å². The molecule has 2 aromatic carbocycles. The van der Waals surface area contributed by atoms with Gasteiger partial charge in [-0.2, -0.15) is 0 Å². The maximum Gasteiger partial charge on any atom is 0.586 e. The predicted octanol–water partition coefficient (Wildman–Crippen LogP) is 4.98. The number of benzene rings is 2. The second-order valence-corrected chi connectivity index (χ2v) is 9.08. The number of carbonyl (C=O) groups excluding carboxylic acids is 1. The summed E-state index contributed by atoms with van der Waals surface area (Å²) in [6, 6.07) is 7.78. The molecule has 0 spiro atoms. The van der Waals surface area contributed by atoms with Crippen LogP contribution in [0.15, 0.2) is 42.6 Å². The molecule has 2 aliphatic rings. The first-order valence-corrected chi connectivity index (χ1v) is 10.7. The van der Waals surface area contributed by atoms with E-state index in [1.54, 1.807) is 12.1 Å². The Balaban J connectivity index is 1.33. The molecule has 3 N–H and O–H groups in total. The van der Waals surface area contributed by atoms with Gasteiger partial charge in [0.1, 0.15) is 5.82 Å². The van der Waals surface area contributed by atoms with Crippen molar-refractivity contribution in [2.24, 2.45) is 5.73 Å². The third-order valence-corrected chi connectivity index (χ3v) is 6.72. The number of anilines is 1. The lowest BCUT2D eigenvalue weighted by Gasteiger charge is -2.15. The normalized spacial score (nSPS) is 18.3. The summed E-state index contributed by atoms with van der Waals surface area (Å²) in [5, 5.41) is 3.32. The number of halogens is 4. The Labute approximate surface area is 189 Å². The van der Waals surface area contributed by atoms with E-state index in [9.17, 15) is 18.0 Å². The summed E-state index contributed by atoms with van der Waals surface area (Å²) in [6.45, 7) is 0. The summed E-state index contributed by atoms with van der Waals surface area (Å²) >= 11 is 6.91. The summed E-state index contributed by atoms with van der Waals surface area (Å²) in [6.07, 6.45) is -1.16. The maximum absolute atomic E-state index is 14.2. The number of alkyl halides is 2. The first kappa shape index (κ1) is 21.0. The molecule has 1 amide bonds. The van der Waals surface area contributed by atoms with Crippen LogP contribution in [0.25, 0.3) is 0 Å². The summed E-state index contributed by atoms with van der Waals surface area (Å²) in [7, 11) is 0. The van der Waals surface area contributed by atoms with Gasteiger partial charge in [0.2, 0.25) is 5.91 Å². The van der Waals surface area contributed by atoms with Crippen molar-refractivity contribution in [3.63, 3.8) is 0 Å². The van der Waals surface area contributed by atoms with Crippen molar-refractivity contribution in [1.29, 1.82) is 0 Å². The average Bonchev–Trinajstić information content (AvgIpc) is 3.30. The van der Waals surface area contributed by atoms with E-state index in [-0.39, 0.29) is 28.0 Å². The third kappa shape index (κ3) is 3.68. The van der Waals surface area contributed by atoms with E-state index in [0.717, 1.165) is 11.3 Å². The number of thiazole rings is 1. The van der Waals surface area contributed by atoms with E-state index in [2.05, 4.69) is 19.8 Å². The molecule has 0 bridgehead atoms. The topological polar surface area (TPSA) is 86.5 Å². The van der Waals surface area contributed by atoms with Gasteiger partial charge in [0.05, 0.1) is 11.5 Å². The molecule has 3 aromatic rings. The number of rotatable bonds is 5. The van der Waals surface area contributed by atoms with Gasteiger partial charge in [-0.05, 0) is 42.7 Å². The highest BCUT2D eigenvalue weighted by Gasteiger charge is 2.53. The molecule has 166 valence electrons. The van der Waals surface area contributed by atoms with Crippen LogP contribution in [-0.2, 0) is 10.2 Å². The van der Waals surface area contributed by atoms with E-state index in [4.69, 9.17) is 17.3 Å². The first-order chi connectivity index (χ1) is 15.2. The standard InChI is InChI=1S/C21H15ClF3N3O3S/c22-11-2-3-12(13(23)8-11)17(26)16-9-27-19(32-16)28-18(29)20(5-6-20)10-1-4-14-15(7-10)31-21(24,25)30-14/h1-4,7-9,17H,5-6,26H2,(H,27,28,29). The molecule has 1 fully saturated rings. The van der Waals surface area contributed by atoms with Gasteiger partial charge in [-0.15, -0.1) is 8.78 Å². The number of amides is 1. The lowest BCUT2D eigenvalue weighted by Crippen LogP contribution is -2.27. The third-order valence-electron chi connectivity index (χ3n) is 5.49. The zero-order chi connectivity index (χ0) is 22.7. The van der Waals surface area contributed by atoms with Crippen LogP contribution in [-0.4, -0.2) is 17.2 Å². The number of nitrogens with one attached hydrogen (secondary N) is 1. The molecular weight excluding hydrogens is 467 g/mol. The van der Waals surface area contributed by atoms with Gasteiger partial charge in [-0.25, -0.2) is 9.37 Å². The largest absolute Gasteiger partial charge is 0.586 e. The zero-order valence-corrected chi connectivity index (χ0v) is 17.8. The molecule has 1 aliphatic heterocycles. The van der Waals surface area contributed by atoms with Crippen molar-refractivity contribution in [1.82, 2.24) is 4.98 Å². The molecule has 32 heavy (non-hydrogen) atoms. The highest BCUT2D eigenvalue weighted by atomic mass is 35.5. The lowest BCUT2D eigenvalue weighted by molar-refractivity contribution is -0.286. The molecule has 1 atom stereocenters. The van der Waals surface area contributed by atoms with E-state index in [1.165, 1.54) is 30.5 Å². The minimum atomic E-state index is -3.72. The van der Waals surface area contributed by atoms with E-state index in [0.29, 0.717) is 28.4 Å². The molecular formula is C21H15ClF3N3O3S. The Morgan fingerprint density at radius 1 is 1.19 bits per heavy atom. The fourth-order valence-electron chi connectivity index (χ4n) is 3.63. The molecule has 1 aromatic heterocycles. The van der Waals surface area contributed by atoms with Crippen molar-refractivity contribution in [2.75, 3.05) is 5.32 Å². The van der Waals surface area contributed by atoms with Gasteiger partial charge in [0.15, 0.2) is 16.6 Å². The Hall–Kier alpha value is -2.82. The number of nitrogens with two attached hydrogens (primary N) is 1. The van der Waals surface area contributed by atoms with Crippen molar-refractivity contribution in [3.8, 4) is 11.5 Å². The van der Waals surface area contributed by atoms with Crippen LogP contribution in [0.2, 0.25) is 5.02 Å². The molecule has 6 nitrogen and oxygen atoms in total. The summed E-state index contributed by atoms with van der Waals surface area (Å²) in [5.74, 6) is -1.05. The van der Waals surface area contributed by atoms with Crippen LogP contribution >= 0.6 is 22.9 Å². The van der Waals surface area contributed by atoms with Gasteiger partial charge in [-0.1, -0.05) is 35.1 Å². The second kappa shape index (κ2) is 7.36. The minimum absolute atomic E-state index is 0.0806. The number of fused-ring (bicyclic) bond motifs is 1. The van der Waals surface area contributed by atoms with Crippen molar-refractivity contribution in [3.05, 3.63) is 69.4 Å². The number of carbonyl (C=O) groups is 1. The van der Waals surface area contributed by atoms with Crippen molar-refractivity contribution in [2.45, 2.75) is 30.6 Å². The summed E-state index contributed by atoms with van der Waals surface area (Å²) < 4.78 is 49.7. The minimum Gasteiger partial charge on any atom is -0.395 e. The number of aromatic nitrogens is 1. The Kier molecular flexibility index (Phi) is 4.84. The quantitative estimate of drug-likeness (QED) is 0.537. The maximum atomic E-state index is 14.2. The van der Waals surface area contributed by atoms with E-state index < -0.39 is 23.6 Å². The zero-order valence-electron chi connectivity index (χ0n) is 16.2. The highest BCUT2D eigenvalue weighted by molar-refractivity contribution is 7.15. The van der Waals surface area contributed by atoms with Crippen molar-refractivity contribution >= 4 is 34.0 Å². The SMILES string of the molecule is NC(c1cnc(NC(=O)C2(c3ccc4c(c3)OC(F)(F)O4)CC2)s1)c1ccc(Cl)cc1F. The molecule has 1 saturated carbocycles. The van der Waals surface area contributed by atoms with Crippen LogP contribution in [0.4, 0.5) is 18.3 Å². The van der Waals surface area contributed by atoms with Crippen LogP contribution in [0.5, 0.6) is 11.5 Å². The molecule has 0 saturated heterocycles. The Morgan fingerprint density at radius 2 is 1.94 bits per heavy atom. The molecule has 1 unspecified atom stereocenters. The van der Waals surface area contributed by atoms with Gasteiger partial charge >= 0.3 is 6.29 Å². The van der Waals surface area contributed by atoms with E-state index >= 15 is 0 Å². The summed E-state index contributed by atoms with van der Waals surface area (Å²) in [4.78, 5) is 17.7. The van der Waals surface area contributed by atoms with Gasteiger partial charge in [0.25, 0.3) is 0 Å². The van der Waals surface area contributed by atoms with Gasteiger partial charge < -0.3 is 20.5 Å². The monoisotopic (exact) mass is 481 g/mol. The molecule has 0 radical (unpaired) electrons. The van der Waals surface area contributed by atoms with Gasteiger partial charge in [-0.3, -0.25) is 4.79 Å². The van der Waals surface area contributed by atoms with E-state index in [1.807, 2.05) is 0 Å². The lowest BCUT2D eigenvalue weighted by atomic mass is 9.94. The van der Waals surface area contributed by atoms with Crippen LogP contribution in [0, 0.1) is 5.82 Å². The number of hydrogen-bond acceptors (Lipinski definition) is 6. The summed E-state index contributed by atoms with van der Waals surface area (Å²) in [5.41, 5.74) is 6.10. The fourth-order valence-corrected chi connectivity index (χ4v) is 4.62. The number of nitrogens with zero attached hydrogens (tertiary/aromatic N) is 1. The smallest absolute Gasteiger partial charge is 0.395 e. The molecule has 2 heterocycles. The van der Waals surface area contributed by atoms with Crippen LogP contribution in [0.1, 0.15) is 34.9 Å². The fraction of sp³-hybridized carbons (Fsp3) is 0.238. The number of ether oxygens (including phenoxy) is 2. The molecule has 5 rings (SSSR count). The molecule has 11 heteroatoms. The average molecular weight is 482 g/mol. The predicted molar refractivity (Wildman–Crippen MR) is 112 cm³/mol. The number of hydrogen-bond donors (Lipinski definition) is 2. The second-order valence-electron chi connectivity index (χ2n) is 7.58. The van der Waals surface area contributed by atoms with Crippen LogP contribution in [0.3, 0.4) is 0 Å². The Morgan fingerprint density at radius 3 is 2.66 bits per heavy atom.